The fraction of sp³-hybridized carbons (Fsp3) is 0.250. The van der Waals surface area contributed by atoms with Crippen molar-refractivity contribution in [2.45, 2.75) is 13.3 Å². The summed E-state index contributed by atoms with van der Waals surface area (Å²) < 4.78 is 0. The van der Waals surface area contributed by atoms with Gasteiger partial charge in [0, 0.05) is 5.69 Å². The molecule has 1 rings (SSSR count). The van der Waals surface area contributed by atoms with E-state index in [2.05, 4.69) is 9.97 Å². The summed E-state index contributed by atoms with van der Waals surface area (Å²) in [6.45, 7) is 1.72. The molecule has 0 saturated heterocycles. The van der Waals surface area contributed by atoms with E-state index in [-0.39, 0.29) is 17.9 Å². The van der Waals surface area contributed by atoms with Crippen molar-refractivity contribution in [1.29, 1.82) is 0 Å². The number of aryl methyl sites for hydroxylation is 1. The fourth-order valence-corrected chi connectivity index (χ4v) is 0.951. The normalized spacial score (nSPS) is 9.62. The Kier molecular flexibility index (Phi) is 2.69. The highest BCUT2D eigenvalue weighted by atomic mass is 16.1. The molecule has 0 fully saturated rings. The molecule has 0 aliphatic carbocycles. The highest BCUT2D eigenvalue weighted by molar-refractivity contribution is 5.76. The standard InChI is InChI=1S/C8H9N3O2/c1-5-2-6(4-12)11-8(10-5)3-7(9)13/h2,4H,3H2,1H3,(H2,9,13). The summed E-state index contributed by atoms with van der Waals surface area (Å²) in [5.74, 6) is -0.225. The van der Waals surface area contributed by atoms with Gasteiger partial charge in [0.1, 0.15) is 11.5 Å². The van der Waals surface area contributed by atoms with E-state index in [1.807, 2.05) is 0 Å². The maximum Gasteiger partial charge on any atom is 0.225 e. The van der Waals surface area contributed by atoms with Crippen LogP contribution in [0.2, 0.25) is 0 Å². The molecule has 0 aromatic carbocycles. The molecule has 0 radical (unpaired) electrons. The Morgan fingerprint density at radius 3 is 2.85 bits per heavy atom. The molecule has 5 heteroatoms. The molecule has 1 aromatic rings. The van der Waals surface area contributed by atoms with Crippen molar-refractivity contribution >= 4 is 12.2 Å². The van der Waals surface area contributed by atoms with Crippen molar-refractivity contribution in [1.82, 2.24) is 9.97 Å². The molecule has 0 aliphatic heterocycles. The smallest absolute Gasteiger partial charge is 0.225 e. The van der Waals surface area contributed by atoms with E-state index in [1.165, 1.54) is 6.07 Å². The summed E-state index contributed by atoms with van der Waals surface area (Å²) in [5, 5.41) is 0. The molecule has 2 N–H and O–H groups in total. The van der Waals surface area contributed by atoms with E-state index in [4.69, 9.17) is 5.73 Å². The average Bonchev–Trinajstić information content (AvgIpc) is 2.01. The Labute approximate surface area is 75.0 Å². The minimum atomic E-state index is -0.512. The summed E-state index contributed by atoms with van der Waals surface area (Å²) in [6, 6.07) is 1.54. The van der Waals surface area contributed by atoms with Crippen molar-refractivity contribution in [2.75, 3.05) is 0 Å². The van der Waals surface area contributed by atoms with Crippen LogP contribution in [0.4, 0.5) is 0 Å². The zero-order chi connectivity index (χ0) is 9.84. The molecule has 1 aromatic heterocycles. The fourth-order valence-electron chi connectivity index (χ4n) is 0.951. The number of nitrogens with two attached hydrogens (primary N) is 1. The Balaban J connectivity index is 3.01. The van der Waals surface area contributed by atoms with Crippen LogP contribution in [-0.4, -0.2) is 22.2 Å². The van der Waals surface area contributed by atoms with Crippen LogP contribution in [0.5, 0.6) is 0 Å². The van der Waals surface area contributed by atoms with Crippen LogP contribution < -0.4 is 5.73 Å². The first-order valence-corrected chi connectivity index (χ1v) is 3.70. The number of carbonyl (C=O) groups excluding carboxylic acids is 2. The molecule has 1 amide bonds. The highest BCUT2D eigenvalue weighted by Gasteiger charge is 2.04. The molecule has 0 saturated carbocycles. The van der Waals surface area contributed by atoms with E-state index in [0.717, 1.165) is 0 Å². The first-order valence-electron chi connectivity index (χ1n) is 3.70. The van der Waals surface area contributed by atoms with Gasteiger partial charge in [0.25, 0.3) is 0 Å². The first kappa shape index (κ1) is 9.31. The predicted octanol–water partition coefficient (Wildman–Crippen LogP) is -0.375. The lowest BCUT2D eigenvalue weighted by molar-refractivity contribution is -0.117. The second-order valence-electron chi connectivity index (χ2n) is 2.61. The third-order valence-electron chi connectivity index (χ3n) is 1.37. The number of carbonyl (C=O) groups is 2. The van der Waals surface area contributed by atoms with E-state index < -0.39 is 5.91 Å². The molecule has 0 unspecified atom stereocenters. The van der Waals surface area contributed by atoms with Gasteiger partial charge in [-0.1, -0.05) is 0 Å². The Hall–Kier alpha value is -1.78. The molecular formula is C8H9N3O2. The molecule has 0 bridgehead atoms. The third-order valence-corrected chi connectivity index (χ3v) is 1.37. The lowest BCUT2D eigenvalue weighted by atomic mass is 10.3. The van der Waals surface area contributed by atoms with Crippen LogP contribution in [-0.2, 0) is 11.2 Å². The van der Waals surface area contributed by atoms with Crippen LogP contribution in [0.25, 0.3) is 0 Å². The summed E-state index contributed by atoms with van der Waals surface area (Å²) >= 11 is 0. The Bertz CT molecular complexity index is 349. The van der Waals surface area contributed by atoms with E-state index in [1.54, 1.807) is 6.92 Å². The summed E-state index contributed by atoms with van der Waals surface area (Å²) in [4.78, 5) is 28.7. The second kappa shape index (κ2) is 3.75. The van der Waals surface area contributed by atoms with Crippen molar-refractivity contribution in [3.63, 3.8) is 0 Å². The van der Waals surface area contributed by atoms with Gasteiger partial charge in [0.05, 0.1) is 6.42 Å². The number of primary amides is 1. The van der Waals surface area contributed by atoms with Crippen LogP contribution in [0.1, 0.15) is 22.0 Å². The largest absolute Gasteiger partial charge is 0.369 e. The van der Waals surface area contributed by atoms with Gasteiger partial charge in [0.2, 0.25) is 5.91 Å². The maximum atomic E-state index is 10.5. The minimum absolute atomic E-state index is 0.0392. The number of hydrogen-bond acceptors (Lipinski definition) is 4. The lowest BCUT2D eigenvalue weighted by Crippen LogP contribution is -2.16. The molecular weight excluding hydrogens is 170 g/mol. The van der Waals surface area contributed by atoms with Crippen LogP contribution in [0.3, 0.4) is 0 Å². The quantitative estimate of drug-likeness (QED) is 0.641. The zero-order valence-corrected chi connectivity index (χ0v) is 7.15. The SMILES string of the molecule is Cc1cc(C=O)nc(CC(N)=O)n1. The number of hydrogen-bond donors (Lipinski definition) is 1. The van der Waals surface area contributed by atoms with Gasteiger partial charge in [0.15, 0.2) is 6.29 Å². The van der Waals surface area contributed by atoms with Crippen LogP contribution in [0.15, 0.2) is 6.07 Å². The zero-order valence-electron chi connectivity index (χ0n) is 7.15. The topological polar surface area (TPSA) is 85.9 Å². The van der Waals surface area contributed by atoms with Gasteiger partial charge >= 0.3 is 0 Å². The summed E-state index contributed by atoms with van der Waals surface area (Å²) in [7, 11) is 0. The lowest BCUT2D eigenvalue weighted by Gasteiger charge is -1.99. The van der Waals surface area contributed by atoms with Gasteiger partial charge in [-0.15, -0.1) is 0 Å². The molecule has 0 atom stereocenters. The molecule has 68 valence electrons. The Morgan fingerprint density at radius 2 is 2.31 bits per heavy atom. The van der Waals surface area contributed by atoms with Crippen molar-refractivity contribution in [2.24, 2.45) is 5.73 Å². The monoisotopic (exact) mass is 179 g/mol. The molecule has 1 heterocycles. The summed E-state index contributed by atoms with van der Waals surface area (Å²) in [6.07, 6.45) is 0.571. The number of rotatable bonds is 3. The van der Waals surface area contributed by atoms with Crippen LogP contribution in [0, 0.1) is 6.92 Å². The van der Waals surface area contributed by atoms with Gasteiger partial charge in [-0.3, -0.25) is 9.59 Å². The highest BCUT2D eigenvalue weighted by Crippen LogP contribution is 1.98. The second-order valence-corrected chi connectivity index (χ2v) is 2.61. The first-order chi connectivity index (χ1) is 6.11. The van der Waals surface area contributed by atoms with Crippen molar-refractivity contribution < 1.29 is 9.59 Å². The van der Waals surface area contributed by atoms with E-state index in [0.29, 0.717) is 12.0 Å². The van der Waals surface area contributed by atoms with Crippen molar-refractivity contribution in [3.05, 3.63) is 23.3 Å². The molecule has 5 nitrogen and oxygen atoms in total. The maximum absolute atomic E-state index is 10.5. The van der Waals surface area contributed by atoms with Gasteiger partial charge in [-0.25, -0.2) is 9.97 Å². The minimum Gasteiger partial charge on any atom is -0.369 e. The average molecular weight is 179 g/mol. The van der Waals surface area contributed by atoms with Gasteiger partial charge < -0.3 is 5.73 Å². The number of aldehydes is 1. The van der Waals surface area contributed by atoms with E-state index >= 15 is 0 Å². The van der Waals surface area contributed by atoms with E-state index in [9.17, 15) is 9.59 Å². The number of nitrogens with zero attached hydrogens (tertiary/aromatic N) is 2. The predicted molar refractivity (Wildman–Crippen MR) is 45.1 cm³/mol. The van der Waals surface area contributed by atoms with Gasteiger partial charge in [-0.05, 0) is 13.0 Å². The number of aromatic nitrogens is 2. The third kappa shape index (κ3) is 2.62. The molecule has 13 heavy (non-hydrogen) atoms. The summed E-state index contributed by atoms with van der Waals surface area (Å²) in [5.41, 5.74) is 5.87. The molecule has 0 spiro atoms. The van der Waals surface area contributed by atoms with Crippen LogP contribution >= 0.6 is 0 Å². The number of amides is 1. The van der Waals surface area contributed by atoms with Crippen molar-refractivity contribution in [3.8, 4) is 0 Å². The Morgan fingerprint density at radius 1 is 1.62 bits per heavy atom. The van der Waals surface area contributed by atoms with Gasteiger partial charge in [-0.2, -0.15) is 0 Å². The molecule has 0 aliphatic rings.